The van der Waals surface area contributed by atoms with Gasteiger partial charge in [-0.15, -0.1) is 0 Å². The predicted molar refractivity (Wildman–Crippen MR) is 95.5 cm³/mol. The highest BCUT2D eigenvalue weighted by molar-refractivity contribution is 7.89. The zero-order valence-electron chi connectivity index (χ0n) is 15.2. The summed E-state index contributed by atoms with van der Waals surface area (Å²) in [5.74, 6) is -1.90. The van der Waals surface area contributed by atoms with Gasteiger partial charge in [-0.05, 0) is 18.9 Å². The van der Waals surface area contributed by atoms with Crippen molar-refractivity contribution in [3.05, 3.63) is 36.0 Å². The van der Waals surface area contributed by atoms with Crippen molar-refractivity contribution in [3.8, 4) is 0 Å². The molecule has 151 valence electrons. The number of fused-ring (bicyclic) bond motifs is 1. The third-order valence-corrected chi connectivity index (χ3v) is 7.02. The first kappa shape index (κ1) is 20.2. The SMILES string of the molecule is CC(C[CH]C(=O)N1CCC2C1C(=O)CN2S(=O)(=O)c1cccc[n+]1[O-])C(N)=O. The minimum atomic E-state index is -4.19. The Morgan fingerprint density at radius 1 is 1.43 bits per heavy atom. The molecule has 28 heavy (non-hydrogen) atoms. The van der Waals surface area contributed by atoms with Crippen LogP contribution in [0.4, 0.5) is 0 Å². The van der Waals surface area contributed by atoms with Crippen LogP contribution in [0.3, 0.4) is 0 Å². The molecule has 2 aliphatic heterocycles. The molecule has 11 heteroatoms. The zero-order valence-corrected chi connectivity index (χ0v) is 16.0. The summed E-state index contributed by atoms with van der Waals surface area (Å²) in [6, 6.07) is 2.39. The van der Waals surface area contributed by atoms with E-state index in [-0.39, 0.29) is 24.1 Å². The number of carbonyl (C=O) groups is 3. The van der Waals surface area contributed by atoms with Crippen LogP contribution in [0.1, 0.15) is 19.8 Å². The summed E-state index contributed by atoms with van der Waals surface area (Å²) in [5.41, 5.74) is 5.18. The molecule has 10 nitrogen and oxygen atoms in total. The first-order chi connectivity index (χ1) is 13.1. The van der Waals surface area contributed by atoms with Crippen LogP contribution in [0.2, 0.25) is 0 Å². The molecular formula is C17H21N4O6S. The molecule has 0 aliphatic carbocycles. The van der Waals surface area contributed by atoms with Gasteiger partial charge in [-0.2, -0.15) is 9.04 Å². The summed E-state index contributed by atoms with van der Waals surface area (Å²) in [4.78, 5) is 37.4. The maximum atomic E-state index is 12.9. The van der Waals surface area contributed by atoms with Crippen molar-refractivity contribution in [1.82, 2.24) is 9.21 Å². The molecule has 2 fully saturated rings. The maximum Gasteiger partial charge on any atom is 0.323 e. The van der Waals surface area contributed by atoms with Crippen LogP contribution in [0.25, 0.3) is 0 Å². The van der Waals surface area contributed by atoms with Crippen molar-refractivity contribution in [2.24, 2.45) is 11.7 Å². The molecule has 3 rings (SSSR count). The number of sulfonamides is 1. The number of nitrogens with zero attached hydrogens (tertiary/aromatic N) is 3. The average molecular weight is 409 g/mol. The second-order valence-electron chi connectivity index (χ2n) is 6.96. The van der Waals surface area contributed by atoms with Crippen molar-refractivity contribution in [2.75, 3.05) is 13.1 Å². The minimum absolute atomic E-state index is 0.137. The van der Waals surface area contributed by atoms with Gasteiger partial charge >= 0.3 is 15.0 Å². The van der Waals surface area contributed by atoms with Crippen LogP contribution in [0, 0.1) is 17.5 Å². The third kappa shape index (κ3) is 3.47. The van der Waals surface area contributed by atoms with E-state index in [4.69, 9.17) is 5.73 Å². The van der Waals surface area contributed by atoms with E-state index in [2.05, 4.69) is 0 Å². The number of hydrogen-bond acceptors (Lipinski definition) is 6. The van der Waals surface area contributed by atoms with Crippen LogP contribution in [0.5, 0.6) is 0 Å². The molecule has 2 amide bonds. The number of Topliss-reactive ketones (excluding diaryl/α,β-unsaturated/α-hetero) is 1. The van der Waals surface area contributed by atoms with Crippen molar-refractivity contribution in [3.63, 3.8) is 0 Å². The second kappa shape index (κ2) is 7.47. The van der Waals surface area contributed by atoms with Crippen LogP contribution in [-0.2, 0) is 24.4 Å². The molecule has 1 aromatic heterocycles. The molecule has 1 aromatic rings. The number of hydrogen-bond donors (Lipinski definition) is 1. The summed E-state index contributed by atoms with van der Waals surface area (Å²) in [6.45, 7) is 1.40. The number of aromatic nitrogens is 1. The van der Waals surface area contributed by atoms with E-state index in [0.29, 0.717) is 0 Å². The smallest absolute Gasteiger partial charge is 0.323 e. The molecule has 3 unspecified atom stereocenters. The van der Waals surface area contributed by atoms with Gasteiger partial charge in [-0.3, -0.25) is 14.4 Å². The van der Waals surface area contributed by atoms with Crippen molar-refractivity contribution in [1.29, 1.82) is 0 Å². The van der Waals surface area contributed by atoms with Crippen LogP contribution >= 0.6 is 0 Å². The topological polar surface area (TPSA) is 145 Å². The largest absolute Gasteiger partial charge is 0.618 e. The van der Waals surface area contributed by atoms with E-state index in [9.17, 15) is 28.0 Å². The standard InChI is InChI=1S/C17H21N4O6S/c1-11(17(18)24)5-6-14(23)19-9-7-12-16(19)13(22)10-21(12)28(26,27)15-4-2-3-8-20(15)25/h2-4,6,8,11-12,16H,5,7,9-10H2,1H3,(H2,18,24). The first-order valence-electron chi connectivity index (χ1n) is 8.80. The fourth-order valence-electron chi connectivity index (χ4n) is 3.58. The van der Waals surface area contributed by atoms with E-state index >= 15 is 0 Å². The number of nitrogens with two attached hydrogens (primary N) is 1. The Labute approximate surface area is 162 Å². The highest BCUT2D eigenvalue weighted by Gasteiger charge is 2.54. The lowest BCUT2D eigenvalue weighted by Gasteiger charge is -2.23. The Balaban J connectivity index is 1.78. The van der Waals surface area contributed by atoms with E-state index in [1.54, 1.807) is 6.92 Å². The minimum Gasteiger partial charge on any atom is -0.618 e. The second-order valence-corrected chi connectivity index (χ2v) is 8.79. The molecule has 2 N–H and O–H groups in total. The number of ketones is 1. The third-order valence-electron chi connectivity index (χ3n) is 5.15. The van der Waals surface area contributed by atoms with Crippen LogP contribution < -0.4 is 10.5 Å². The molecule has 0 saturated carbocycles. The Hall–Kier alpha value is -2.53. The lowest BCUT2D eigenvalue weighted by Crippen LogP contribution is -2.45. The molecule has 0 bridgehead atoms. The van der Waals surface area contributed by atoms with E-state index in [1.807, 2.05) is 0 Å². The molecule has 3 heterocycles. The number of carbonyl (C=O) groups excluding carboxylic acids is 3. The van der Waals surface area contributed by atoms with Gasteiger partial charge in [0.1, 0.15) is 6.04 Å². The Morgan fingerprint density at radius 3 is 2.79 bits per heavy atom. The number of pyridine rings is 1. The van der Waals surface area contributed by atoms with E-state index < -0.39 is 57.2 Å². The van der Waals surface area contributed by atoms with Gasteiger partial charge in [-0.1, -0.05) is 6.92 Å². The highest BCUT2D eigenvalue weighted by Crippen LogP contribution is 2.33. The van der Waals surface area contributed by atoms with Crippen LogP contribution in [-0.4, -0.2) is 60.4 Å². The number of rotatable bonds is 6. The first-order valence-corrected chi connectivity index (χ1v) is 10.2. The molecule has 3 atom stereocenters. The Bertz CT molecular complexity index is 918. The molecular weight excluding hydrogens is 388 g/mol. The maximum absolute atomic E-state index is 12.9. The van der Waals surface area contributed by atoms with Gasteiger partial charge in [0.15, 0.2) is 12.0 Å². The Kier molecular flexibility index (Phi) is 5.39. The van der Waals surface area contributed by atoms with Gasteiger partial charge in [0.25, 0.3) is 0 Å². The van der Waals surface area contributed by atoms with Gasteiger partial charge in [0, 0.05) is 24.6 Å². The fourth-order valence-corrected chi connectivity index (χ4v) is 5.24. The fraction of sp³-hybridized carbons (Fsp3) is 0.471. The predicted octanol–water partition coefficient (Wildman–Crippen LogP) is -1.42. The summed E-state index contributed by atoms with van der Waals surface area (Å²) in [6.07, 6.45) is 2.79. The summed E-state index contributed by atoms with van der Waals surface area (Å²) >= 11 is 0. The average Bonchev–Trinajstić information content (AvgIpc) is 3.21. The lowest BCUT2D eigenvalue weighted by molar-refractivity contribution is -0.646. The molecule has 2 aliphatic rings. The van der Waals surface area contributed by atoms with Crippen LogP contribution in [0.15, 0.2) is 29.4 Å². The van der Waals surface area contributed by atoms with Gasteiger partial charge in [0.2, 0.25) is 11.8 Å². The lowest BCUT2D eigenvalue weighted by atomic mass is 10.0. The molecule has 0 aromatic carbocycles. The number of amides is 2. The quantitative estimate of drug-likeness (QED) is 0.451. The van der Waals surface area contributed by atoms with Gasteiger partial charge in [-0.25, -0.2) is 8.42 Å². The highest BCUT2D eigenvalue weighted by atomic mass is 32.2. The Morgan fingerprint density at radius 2 is 2.14 bits per heavy atom. The van der Waals surface area contributed by atoms with E-state index in [1.165, 1.54) is 29.5 Å². The van der Waals surface area contributed by atoms with Gasteiger partial charge < -0.3 is 15.8 Å². The number of primary amides is 1. The van der Waals surface area contributed by atoms with E-state index in [0.717, 1.165) is 10.5 Å². The number of likely N-dealkylation sites (tertiary alicyclic amines) is 1. The van der Waals surface area contributed by atoms with Crippen molar-refractivity contribution >= 4 is 27.6 Å². The summed E-state index contributed by atoms with van der Waals surface area (Å²) < 4.78 is 27.0. The van der Waals surface area contributed by atoms with Gasteiger partial charge in [0.05, 0.1) is 19.0 Å². The normalized spacial score (nSPS) is 23.6. The summed E-state index contributed by atoms with van der Waals surface area (Å²) in [7, 11) is -4.19. The molecule has 1 radical (unpaired) electrons. The molecule has 0 spiro atoms. The zero-order chi connectivity index (χ0) is 20.6. The van der Waals surface area contributed by atoms with Crippen molar-refractivity contribution in [2.45, 2.75) is 36.9 Å². The van der Waals surface area contributed by atoms with Crippen molar-refractivity contribution < 1.29 is 27.5 Å². The monoisotopic (exact) mass is 409 g/mol. The summed E-state index contributed by atoms with van der Waals surface area (Å²) in [5, 5.41) is 11.4. The molecule has 2 saturated heterocycles.